The van der Waals surface area contributed by atoms with Gasteiger partial charge in [-0.05, 0) is 32.1 Å². The van der Waals surface area contributed by atoms with E-state index in [9.17, 15) is 19.2 Å². The molecule has 0 aromatic rings. The third-order valence-electron chi connectivity index (χ3n) is 4.42. The van der Waals surface area contributed by atoms with E-state index in [1.54, 1.807) is 13.8 Å². The molecule has 2 fully saturated rings. The third-order valence-corrected chi connectivity index (χ3v) is 4.42. The number of carbonyl (C=O) groups is 4. The van der Waals surface area contributed by atoms with Gasteiger partial charge in [-0.2, -0.15) is 0 Å². The van der Waals surface area contributed by atoms with Crippen molar-refractivity contribution in [2.24, 2.45) is 17.3 Å². The maximum absolute atomic E-state index is 12.6. The zero-order chi connectivity index (χ0) is 15.6. The van der Waals surface area contributed by atoms with Gasteiger partial charge >= 0.3 is 11.9 Å². The number of Topliss-reactive ketones (excluding diaryl/α,β-unsaturated/α-hetero) is 2. The summed E-state index contributed by atoms with van der Waals surface area (Å²) in [5, 5.41) is 0. The zero-order valence-corrected chi connectivity index (χ0v) is 12.3. The second-order valence-electron chi connectivity index (χ2n) is 5.63. The zero-order valence-electron chi connectivity index (χ0n) is 12.3. The van der Waals surface area contributed by atoms with E-state index in [4.69, 9.17) is 9.47 Å². The second-order valence-corrected chi connectivity index (χ2v) is 5.63. The minimum absolute atomic E-state index is 0.0751. The quantitative estimate of drug-likeness (QED) is 0.569. The molecule has 0 heterocycles. The van der Waals surface area contributed by atoms with Gasteiger partial charge in [0.2, 0.25) is 0 Å². The Kier molecular flexibility index (Phi) is 4.44. The Morgan fingerprint density at radius 1 is 1.10 bits per heavy atom. The van der Waals surface area contributed by atoms with Crippen molar-refractivity contribution in [3.05, 3.63) is 0 Å². The van der Waals surface area contributed by atoms with Crippen molar-refractivity contribution >= 4 is 23.5 Å². The molecule has 2 saturated carbocycles. The first-order valence-corrected chi connectivity index (χ1v) is 7.36. The van der Waals surface area contributed by atoms with Crippen LogP contribution in [0.15, 0.2) is 0 Å². The van der Waals surface area contributed by atoms with Gasteiger partial charge in [0.15, 0.2) is 17.5 Å². The molecule has 0 aromatic carbocycles. The average molecular weight is 296 g/mol. The van der Waals surface area contributed by atoms with E-state index < -0.39 is 40.8 Å². The predicted molar refractivity (Wildman–Crippen MR) is 71.2 cm³/mol. The third kappa shape index (κ3) is 2.59. The summed E-state index contributed by atoms with van der Waals surface area (Å²) in [6.07, 6.45) is 2.24. The van der Waals surface area contributed by atoms with Crippen molar-refractivity contribution in [3.63, 3.8) is 0 Å². The molecule has 0 saturated heterocycles. The number of rotatable bonds is 4. The van der Waals surface area contributed by atoms with Crippen LogP contribution in [0.5, 0.6) is 0 Å². The van der Waals surface area contributed by atoms with Gasteiger partial charge in [-0.3, -0.25) is 19.2 Å². The fourth-order valence-corrected chi connectivity index (χ4v) is 3.34. The molecule has 0 amide bonds. The lowest BCUT2D eigenvalue weighted by molar-refractivity contribution is -0.172. The summed E-state index contributed by atoms with van der Waals surface area (Å²) in [5.41, 5.74) is -0.636. The SMILES string of the molecule is CCOC(=O)C1C(=O)CC2(CCC2)C(C(=O)OCC)C1=O. The summed E-state index contributed by atoms with van der Waals surface area (Å²) in [5.74, 6) is -5.04. The lowest BCUT2D eigenvalue weighted by atomic mass is 9.52. The van der Waals surface area contributed by atoms with Crippen molar-refractivity contribution in [3.8, 4) is 0 Å². The van der Waals surface area contributed by atoms with Crippen LogP contribution in [0.3, 0.4) is 0 Å². The van der Waals surface area contributed by atoms with Gasteiger partial charge in [-0.1, -0.05) is 6.42 Å². The molecule has 0 aliphatic heterocycles. The van der Waals surface area contributed by atoms with Crippen LogP contribution in [0, 0.1) is 17.3 Å². The fourth-order valence-electron chi connectivity index (χ4n) is 3.34. The van der Waals surface area contributed by atoms with Crippen LogP contribution < -0.4 is 0 Å². The van der Waals surface area contributed by atoms with Crippen molar-refractivity contribution in [2.75, 3.05) is 13.2 Å². The van der Waals surface area contributed by atoms with Crippen molar-refractivity contribution in [1.82, 2.24) is 0 Å². The highest BCUT2D eigenvalue weighted by Crippen LogP contribution is 2.54. The maximum atomic E-state index is 12.6. The molecule has 2 unspecified atom stereocenters. The molecule has 6 nitrogen and oxygen atoms in total. The molecular formula is C15H20O6. The van der Waals surface area contributed by atoms with Gasteiger partial charge in [-0.25, -0.2) is 0 Å². The average Bonchev–Trinajstić information content (AvgIpc) is 2.36. The number of esters is 2. The highest BCUT2D eigenvalue weighted by molar-refractivity contribution is 6.23. The molecule has 0 N–H and O–H groups in total. The summed E-state index contributed by atoms with van der Waals surface area (Å²) in [6.45, 7) is 3.51. The van der Waals surface area contributed by atoms with Gasteiger partial charge in [0, 0.05) is 6.42 Å². The smallest absolute Gasteiger partial charge is 0.324 e. The van der Waals surface area contributed by atoms with Crippen LogP contribution >= 0.6 is 0 Å². The van der Waals surface area contributed by atoms with Gasteiger partial charge in [0.05, 0.1) is 13.2 Å². The lowest BCUT2D eigenvalue weighted by Crippen LogP contribution is -2.57. The number of carbonyl (C=O) groups excluding carboxylic acids is 4. The van der Waals surface area contributed by atoms with E-state index >= 15 is 0 Å². The molecule has 1 spiro atoms. The molecule has 21 heavy (non-hydrogen) atoms. The summed E-state index contributed by atoms with van der Waals surface area (Å²) in [7, 11) is 0. The van der Waals surface area contributed by atoms with Crippen LogP contribution in [-0.4, -0.2) is 36.7 Å². The topological polar surface area (TPSA) is 86.7 Å². The van der Waals surface area contributed by atoms with E-state index in [0.717, 1.165) is 6.42 Å². The van der Waals surface area contributed by atoms with Crippen LogP contribution in [0.2, 0.25) is 0 Å². The highest BCUT2D eigenvalue weighted by Gasteiger charge is 2.60. The van der Waals surface area contributed by atoms with Gasteiger partial charge in [0.25, 0.3) is 0 Å². The molecule has 0 bridgehead atoms. The molecule has 2 rings (SSSR count). The summed E-state index contributed by atoms with van der Waals surface area (Å²) in [4.78, 5) is 48.7. The van der Waals surface area contributed by atoms with Crippen molar-refractivity contribution in [2.45, 2.75) is 39.5 Å². The first-order valence-electron chi connectivity index (χ1n) is 7.36. The summed E-state index contributed by atoms with van der Waals surface area (Å²) in [6, 6.07) is 0. The van der Waals surface area contributed by atoms with Crippen molar-refractivity contribution < 1.29 is 28.7 Å². The van der Waals surface area contributed by atoms with Crippen LogP contribution in [0.4, 0.5) is 0 Å². The predicted octanol–water partition coefficient (Wildman–Crippen LogP) is 1.06. The maximum Gasteiger partial charge on any atom is 0.324 e. The lowest BCUT2D eigenvalue weighted by Gasteiger charge is -2.48. The van der Waals surface area contributed by atoms with Crippen LogP contribution in [0.1, 0.15) is 39.5 Å². The molecule has 2 aliphatic carbocycles. The fraction of sp³-hybridized carbons (Fsp3) is 0.733. The van der Waals surface area contributed by atoms with E-state index in [1.807, 2.05) is 0 Å². The Bertz CT molecular complexity index is 477. The highest BCUT2D eigenvalue weighted by atomic mass is 16.5. The van der Waals surface area contributed by atoms with Crippen LogP contribution in [-0.2, 0) is 28.7 Å². The van der Waals surface area contributed by atoms with E-state index in [2.05, 4.69) is 0 Å². The van der Waals surface area contributed by atoms with Crippen molar-refractivity contribution in [1.29, 1.82) is 0 Å². The van der Waals surface area contributed by atoms with Gasteiger partial charge in [-0.15, -0.1) is 0 Å². The monoisotopic (exact) mass is 296 g/mol. The van der Waals surface area contributed by atoms with E-state index in [-0.39, 0.29) is 19.6 Å². The molecule has 116 valence electrons. The first-order chi connectivity index (χ1) is 9.96. The second kappa shape index (κ2) is 5.95. The molecule has 2 atom stereocenters. The summed E-state index contributed by atoms with van der Waals surface area (Å²) >= 11 is 0. The summed E-state index contributed by atoms with van der Waals surface area (Å²) < 4.78 is 9.78. The first kappa shape index (κ1) is 15.7. The standard InChI is InChI=1S/C15H20O6/c1-3-20-13(18)10-9(16)8-15(6-5-7-15)11(12(10)17)14(19)21-4-2/h10-11H,3-8H2,1-2H3. The van der Waals surface area contributed by atoms with E-state index in [1.165, 1.54) is 0 Å². The Hall–Kier alpha value is -1.72. The number of ketones is 2. The van der Waals surface area contributed by atoms with Crippen LogP contribution in [0.25, 0.3) is 0 Å². The number of hydrogen-bond donors (Lipinski definition) is 0. The minimum atomic E-state index is -1.47. The Balaban J connectivity index is 2.30. The largest absolute Gasteiger partial charge is 0.465 e. The van der Waals surface area contributed by atoms with Gasteiger partial charge in [0.1, 0.15) is 5.92 Å². The molecule has 2 aliphatic rings. The molecule has 0 radical (unpaired) electrons. The Labute approximate surface area is 123 Å². The molecule has 6 heteroatoms. The van der Waals surface area contributed by atoms with E-state index in [0.29, 0.717) is 12.8 Å². The van der Waals surface area contributed by atoms with Gasteiger partial charge < -0.3 is 9.47 Å². The Morgan fingerprint density at radius 2 is 1.67 bits per heavy atom. The molecular weight excluding hydrogens is 276 g/mol. The normalized spacial score (nSPS) is 27.1. The minimum Gasteiger partial charge on any atom is -0.465 e. The molecule has 0 aromatic heterocycles. The number of hydrogen-bond acceptors (Lipinski definition) is 6. The Morgan fingerprint density at radius 3 is 2.14 bits per heavy atom. The number of ether oxygens (including phenoxy) is 2.